The van der Waals surface area contributed by atoms with E-state index < -0.39 is 19.7 Å². The van der Waals surface area contributed by atoms with Crippen molar-refractivity contribution in [2.75, 3.05) is 14.2 Å². The zero-order valence-electron chi connectivity index (χ0n) is 33.0. The molecule has 0 saturated heterocycles. The largest absolute Gasteiger partial charge is 0.495 e. The van der Waals surface area contributed by atoms with Crippen LogP contribution in [0.1, 0.15) is 37.4 Å². The Morgan fingerprint density at radius 2 is 0.952 bits per heavy atom. The minimum Gasteiger partial charge on any atom is -0.495 e. The molecule has 0 bridgehead atoms. The number of benzene rings is 4. The lowest BCUT2D eigenvalue weighted by atomic mass is 10.1. The standard InChI is InChI=1S/2C21H17BrN2O5S.2CH4.H3P/c2*1-13-9-19(20(28-2)11-17(13)22)24-18-5-4-16(10-14(18)3-6-21(24)25)30(26,27)12-15-7-8-29-23-15;;;/h2*3-11H,12H2,1-2H3;2*1H4;1H3. The fourth-order valence-corrected chi connectivity index (χ4v) is 9.70. The molecule has 4 aromatic heterocycles. The number of hydrogen-bond donors (Lipinski definition) is 0. The molecule has 0 aliphatic rings. The van der Waals surface area contributed by atoms with Gasteiger partial charge in [0.25, 0.3) is 11.1 Å². The molecule has 4 heterocycles. The van der Waals surface area contributed by atoms with Gasteiger partial charge in [0.05, 0.1) is 57.8 Å². The number of nitrogens with zero attached hydrogens (tertiary/aromatic N) is 4. The first-order valence-corrected chi connectivity index (χ1v) is 22.7. The van der Waals surface area contributed by atoms with E-state index in [9.17, 15) is 26.4 Å². The highest BCUT2D eigenvalue weighted by Gasteiger charge is 2.21. The predicted molar refractivity (Wildman–Crippen MR) is 256 cm³/mol. The predicted octanol–water partition coefficient (Wildman–Crippen LogP) is 9.39. The minimum atomic E-state index is -3.63. The summed E-state index contributed by atoms with van der Waals surface area (Å²) in [4.78, 5) is 25.8. The van der Waals surface area contributed by atoms with Crippen LogP contribution in [0.15, 0.2) is 147 Å². The molecular weight excluding hydrogens is 999 g/mol. The fourth-order valence-electron chi connectivity index (χ4n) is 6.48. The van der Waals surface area contributed by atoms with E-state index in [1.165, 1.54) is 72.3 Å². The second kappa shape index (κ2) is 20.4. The van der Waals surface area contributed by atoms with Crippen molar-refractivity contribution in [1.29, 1.82) is 0 Å². The van der Waals surface area contributed by atoms with Gasteiger partial charge in [0.1, 0.15) is 35.5 Å². The quantitative estimate of drug-likeness (QED) is 0.119. The smallest absolute Gasteiger partial charge is 0.255 e. The summed E-state index contributed by atoms with van der Waals surface area (Å²) in [5.41, 5.74) is 4.32. The van der Waals surface area contributed by atoms with Gasteiger partial charge in [0.2, 0.25) is 0 Å². The molecule has 14 nitrogen and oxygen atoms in total. The van der Waals surface area contributed by atoms with Crippen LogP contribution in [0.25, 0.3) is 33.2 Å². The summed E-state index contributed by atoms with van der Waals surface area (Å²) in [6.07, 6.45) is 2.66. The maximum absolute atomic E-state index is 12.8. The number of halogens is 2. The summed E-state index contributed by atoms with van der Waals surface area (Å²) < 4.78 is 76.2. The lowest BCUT2D eigenvalue weighted by Gasteiger charge is -2.16. The van der Waals surface area contributed by atoms with Crippen molar-refractivity contribution in [3.63, 3.8) is 0 Å². The fraction of sp³-hybridized carbons (Fsp3) is 0.182. The lowest BCUT2D eigenvalue weighted by molar-refractivity contribution is 0.412. The first-order valence-electron chi connectivity index (χ1n) is 17.8. The van der Waals surface area contributed by atoms with Crippen molar-refractivity contribution in [3.8, 4) is 22.9 Å². The third kappa shape index (κ3) is 10.5. The van der Waals surface area contributed by atoms with E-state index in [1.54, 1.807) is 48.5 Å². The van der Waals surface area contributed by atoms with Gasteiger partial charge in [-0.15, -0.1) is 0 Å². The number of aromatic nitrogens is 4. The summed E-state index contributed by atoms with van der Waals surface area (Å²) in [5.74, 6) is 0.498. The number of aryl methyl sites for hydroxylation is 2. The van der Waals surface area contributed by atoms with Gasteiger partial charge in [-0.3, -0.25) is 18.7 Å². The molecule has 0 N–H and O–H groups in total. The van der Waals surface area contributed by atoms with Gasteiger partial charge in [-0.2, -0.15) is 9.90 Å². The monoisotopic (exact) mass is 1040 g/mol. The molecule has 0 saturated carbocycles. The molecule has 8 rings (SSSR count). The Morgan fingerprint density at radius 3 is 1.29 bits per heavy atom. The molecule has 1 unspecified atom stereocenters. The first kappa shape index (κ1) is 50.3. The Morgan fingerprint density at radius 1 is 0.571 bits per heavy atom. The first-order chi connectivity index (χ1) is 28.6. The molecular formula is C44H45Br2N4O10PS2. The summed E-state index contributed by atoms with van der Waals surface area (Å²) in [6.45, 7) is 3.83. The van der Waals surface area contributed by atoms with E-state index >= 15 is 0 Å². The van der Waals surface area contributed by atoms with Crippen molar-refractivity contribution in [1.82, 2.24) is 19.4 Å². The van der Waals surface area contributed by atoms with Crippen molar-refractivity contribution in [2.45, 2.75) is 50.0 Å². The second-order valence-electron chi connectivity index (χ2n) is 13.5. The summed E-state index contributed by atoms with van der Waals surface area (Å²) in [6, 6.07) is 25.7. The number of hydrogen-bond acceptors (Lipinski definition) is 12. The average Bonchev–Trinajstić information content (AvgIpc) is 3.94. The van der Waals surface area contributed by atoms with Gasteiger partial charge >= 0.3 is 0 Å². The van der Waals surface area contributed by atoms with Crippen LogP contribution < -0.4 is 20.6 Å². The zero-order chi connectivity index (χ0) is 42.9. The van der Waals surface area contributed by atoms with E-state index in [0.29, 0.717) is 56.1 Å². The Balaban J connectivity index is 0.000000264. The van der Waals surface area contributed by atoms with Crippen LogP contribution in [0.2, 0.25) is 0 Å². The molecule has 0 spiro atoms. The van der Waals surface area contributed by atoms with Gasteiger partial charge in [-0.25, -0.2) is 16.8 Å². The molecule has 19 heteroatoms. The highest BCUT2D eigenvalue weighted by atomic mass is 79.9. The Hall–Kier alpha value is -5.39. The third-order valence-corrected chi connectivity index (χ3v) is 14.5. The Kier molecular flexibility index (Phi) is 16.3. The van der Waals surface area contributed by atoms with Crippen LogP contribution in [0, 0.1) is 13.8 Å². The number of rotatable bonds is 10. The van der Waals surface area contributed by atoms with Crippen molar-refractivity contribution >= 4 is 83.2 Å². The van der Waals surface area contributed by atoms with Crippen LogP contribution in [0.5, 0.6) is 11.5 Å². The number of sulfone groups is 2. The molecule has 0 aliphatic carbocycles. The third-order valence-electron chi connectivity index (χ3n) is 9.51. The molecule has 8 aromatic rings. The second-order valence-corrected chi connectivity index (χ2v) is 19.2. The number of fused-ring (bicyclic) bond motifs is 2. The maximum Gasteiger partial charge on any atom is 0.255 e. The average molecular weight is 1040 g/mol. The van der Waals surface area contributed by atoms with Crippen LogP contribution >= 0.6 is 41.8 Å². The molecule has 0 radical (unpaired) electrons. The van der Waals surface area contributed by atoms with E-state index in [-0.39, 0.29) is 57.2 Å². The van der Waals surface area contributed by atoms with Crippen molar-refractivity contribution < 1.29 is 35.4 Å². The molecule has 0 fully saturated rings. The van der Waals surface area contributed by atoms with Crippen molar-refractivity contribution in [2.24, 2.45) is 0 Å². The Labute approximate surface area is 384 Å². The SMILES string of the molecule is C.C.COc1cc(Br)c(C)cc1-n1c(=O)ccc2cc(S(=O)(=O)Cc3ccon3)ccc21.COc1cc(Br)c(C)cc1-n1c(=O)ccc2cc(S(=O)(=O)Cc3ccon3)ccc21.P. The van der Waals surface area contributed by atoms with Crippen molar-refractivity contribution in [3.05, 3.63) is 162 Å². The van der Waals surface area contributed by atoms with Gasteiger partial charge in [-0.1, -0.05) is 57.0 Å². The van der Waals surface area contributed by atoms with Gasteiger partial charge in [0.15, 0.2) is 19.7 Å². The van der Waals surface area contributed by atoms with E-state index in [4.69, 9.17) is 18.5 Å². The molecule has 4 aromatic carbocycles. The maximum atomic E-state index is 12.8. The summed E-state index contributed by atoms with van der Waals surface area (Å²) in [5, 5.41) is 8.56. The highest BCUT2D eigenvalue weighted by molar-refractivity contribution is 9.10. The minimum absolute atomic E-state index is 0. The van der Waals surface area contributed by atoms with Crippen LogP contribution in [-0.4, -0.2) is 50.5 Å². The van der Waals surface area contributed by atoms with E-state index in [1.807, 2.05) is 26.0 Å². The zero-order valence-corrected chi connectivity index (χ0v) is 39.2. The topological polar surface area (TPSA) is 183 Å². The Bertz CT molecular complexity index is 3050. The van der Waals surface area contributed by atoms with E-state index in [2.05, 4.69) is 42.2 Å². The van der Waals surface area contributed by atoms with Crippen LogP contribution in [0.4, 0.5) is 0 Å². The normalized spacial score (nSPS) is 11.1. The van der Waals surface area contributed by atoms with Gasteiger partial charge < -0.3 is 18.5 Å². The summed E-state index contributed by atoms with van der Waals surface area (Å²) in [7, 11) is -4.19. The van der Waals surface area contributed by atoms with Crippen LogP contribution in [-0.2, 0) is 31.2 Å². The molecule has 63 heavy (non-hydrogen) atoms. The van der Waals surface area contributed by atoms with Gasteiger partial charge in [0, 0.05) is 44.0 Å². The van der Waals surface area contributed by atoms with Gasteiger partial charge in [-0.05, 0) is 97.8 Å². The molecule has 1 atom stereocenters. The molecule has 0 aliphatic heterocycles. The number of pyridine rings is 2. The lowest BCUT2D eigenvalue weighted by Crippen LogP contribution is -2.18. The summed E-state index contributed by atoms with van der Waals surface area (Å²) >= 11 is 6.94. The molecule has 332 valence electrons. The number of ether oxygens (including phenoxy) is 2. The van der Waals surface area contributed by atoms with Crippen LogP contribution in [0.3, 0.4) is 0 Å². The highest BCUT2D eigenvalue weighted by Crippen LogP contribution is 2.33. The number of methoxy groups -OCH3 is 2. The molecule has 0 amide bonds. The van der Waals surface area contributed by atoms with E-state index in [0.717, 1.165) is 20.1 Å².